The third kappa shape index (κ3) is 7.28. The zero-order chi connectivity index (χ0) is 27.8. The molecule has 0 heterocycles. The summed E-state index contributed by atoms with van der Waals surface area (Å²) >= 11 is 0. The van der Waals surface area contributed by atoms with Crippen molar-refractivity contribution in [1.29, 1.82) is 0 Å². The van der Waals surface area contributed by atoms with E-state index in [4.69, 9.17) is 9.16 Å². The van der Waals surface area contributed by atoms with Crippen molar-refractivity contribution in [3.63, 3.8) is 0 Å². The lowest BCUT2D eigenvalue weighted by Gasteiger charge is -2.44. The molecule has 3 aliphatic carbocycles. The van der Waals surface area contributed by atoms with Crippen molar-refractivity contribution >= 4 is 8.32 Å². The Bertz CT molecular complexity index is 874. The molecule has 6 atom stereocenters. The van der Waals surface area contributed by atoms with Crippen molar-refractivity contribution in [2.24, 2.45) is 17.3 Å². The minimum absolute atomic E-state index is 0.0559. The third-order valence-electron chi connectivity index (χ3n) is 10.2. The molecule has 0 radical (unpaired) electrons. The van der Waals surface area contributed by atoms with E-state index in [1.54, 1.807) is 5.57 Å². The van der Waals surface area contributed by atoms with E-state index in [1.807, 2.05) is 13.8 Å². The molecule has 0 saturated heterocycles. The minimum Gasteiger partial charge on any atom is -0.413 e. The standard InChI is InChI=1S/C32H56O4Si/c1-22-25(20-26(21-29(22)33)36-37(9,10)30(3,4)5)14-13-24-12-11-17-32(8)27(15-16-28(24)32)23(2)35-19-18-31(6,7)34/h13-14,23,26-29,33-34H,1,11-12,15-21H2,2-10H3/b24-13+,25-14+/t23-,26+,27+,28-,29-,32+/m0/s1. The van der Waals surface area contributed by atoms with Crippen molar-refractivity contribution in [3.8, 4) is 0 Å². The minimum atomic E-state index is -1.90. The normalized spacial score (nSPS) is 34.7. The maximum absolute atomic E-state index is 10.8. The first kappa shape index (κ1) is 30.8. The Morgan fingerprint density at radius 3 is 2.46 bits per heavy atom. The van der Waals surface area contributed by atoms with Crippen molar-refractivity contribution in [1.82, 2.24) is 0 Å². The van der Waals surface area contributed by atoms with Gasteiger partial charge in [0, 0.05) is 13.0 Å². The fourth-order valence-corrected chi connectivity index (χ4v) is 8.16. The van der Waals surface area contributed by atoms with Crippen LogP contribution >= 0.6 is 0 Å². The molecule has 0 amide bonds. The predicted octanol–water partition coefficient (Wildman–Crippen LogP) is 7.72. The Morgan fingerprint density at radius 1 is 1.16 bits per heavy atom. The van der Waals surface area contributed by atoms with Gasteiger partial charge in [-0.05, 0) is 112 Å². The number of hydrogen-bond donors (Lipinski definition) is 2. The first-order valence-corrected chi connectivity index (χ1v) is 17.6. The average molecular weight is 533 g/mol. The summed E-state index contributed by atoms with van der Waals surface area (Å²) in [6.07, 6.45) is 12.6. The summed E-state index contributed by atoms with van der Waals surface area (Å²) in [7, 11) is -1.90. The summed E-state index contributed by atoms with van der Waals surface area (Å²) in [6.45, 7) is 24.7. The zero-order valence-corrected chi connectivity index (χ0v) is 26.3. The first-order valence-electron chi connectivity index (χ1n) is 14.7. The van der Waals surface area contributed by atoms with E-state index < -0.39 is 20.0 Å². The van der Waals surface area contributed by atoms with Crippen LogP contribution in [0.5, 0.6) is 0 Å². The van der Waals surface area contributed by atoms with Crippen LogP contribution in [0.1, 0.15) is 99.8 Å². The topological polar surface area (TPSA) is 58.9 Å². The Hall–Kier alpha value is -0.723. The lowest BCUT2D eigenvalue weighted by molar-refractivity contribution is -0.0454. The monoisotopic (exact) mass is 532 g/mol. The Labute approximate surface area is 228 Å². The van der Waals surface area contributed by atoms with Gasteiger partial charge < -0.3 is 19.4 Å². The number of allylic oxidation sites excluding steroid dienone is 3. The Balaban J connectivity index is 1.73. The fraction of sp³-hybridized carbons (Fsp3) is 0.812. The van der Waals surface area contributed by atoms with Gasteiger partial charge in [-0.15, -0.1) is 0 Å². The van der Waals surface area contributed by atoms with Crippen LogP contribution in [0.3, 0.4) is 0 Å². The Morgan fingerprint density at radius 2 is 1.84 bits per heavy atom. The van der Waals surface area contributed by atoms with Gasteiger partial charge in [-0.2, -0.15) is 0 Å². The van der Waals surface area contributed by atoms with Gasteiger partial charge in [0.05, 0.1) is 23.9 Å². The van der Waals surface area contributed by atoms with E-state index in [-0.39, 0.29) is 22.7 Å². The summed E-state index contributed by atoms with van der Waals surface area (Å²) in [5.41, 5.74) is 3.15. The number of rotatable bonds is 8. The molecule has 3 rings (SSSR count). The Kier molecular flexibility index (Phi) is 9.50. The average Bonchev–Trinajstić information content (AvgIpc) is 3.10. The van der Waals surface area contributed by atoms with Crippen LogP contribution in [-0.2, 0) is 9.16 Å². The van der Waals surface area contributed by atoms with E-state index in [2.05, 4.69) is 66.4 Å². The van der Waals surface area contributed by atoms with Gasteiger partial charge in [-0.25, -0.2) is 0 Å². The third-order valence-corrected chi connectivity index (χ3v) is 14.7. The van der Waals surface area contributed by atoms with Gasteiger partial charge in [0.2, 0.25) is 0 Å². The van der Waals surface area contributed by atoms with Crippen LogP contribution in [0.15, 0.2) is 35.5 Å². The molecule has 0 aromatic rings. The van der Waals surface area contributed by atoms with E-state index in [0.29, 0.717) is 31.3 Å². The molecule has 3 fully saturated rings. The molecule has 2 N–H and O–H groups in total. The van der Waals surface area contributed by atoms with E-state index in [1.165, 1.54) is 25.7 Å². The first-order chi connectivity index (χ1) is 16.9. The number of aliphatic hydroxyl groups excluding tert-OH is 1. The molecule has 0 unspecified atom stereocenters. The lowest BCUT2D eigenvalue weighted by Crippen LogP contribution is -2.46. The molecule has 0 aromatic heterocycles. The van der Waals surface area contributed by atoms with Crippen LogP contribution in [0.4, 0.5) is 0 Å². The molecule has 37 heavy (non-hydrogen) atoms. The number of ether oxygens (including phenoxy) is 1. The highest BCUT2D eigenvalue weighted by molar-refractivity contribution is 6.74. The largest absolute Gasteiger partial charge is 0.413 e. The number of hydrogen-bond acceptors (Lipinski definition) is 4. The highest BCUT2D eigenvalue weighted by Gasteiger charge is 2.51. The van der Waals surface area contributed by atoms with Crippen molar-refractivity contribution in [2.75, 3.05) is 6.61 Å². The van der Waals surface area contributed by atoms with Gasteiger partial charge in [0.1, 0.15) is 0 Å². The predicted molar refractivity (Wildman–Crippen MR) is 157 cm³/mol. The number of aliphatic hydroxyl groups is 2. The van der Waals surface area contributed by atoms with Crippen LogP contribution in [0, 0.1) is 17.3 Å². The highest BCUT2D eigenvalue weighted by atomic mass is 28.4. The molecule has 5 heteroatoms. The summed E-state index contributed by atoms with van der Waals surface area (Å²) < 4.78 is 13.0. The van der Waals surface area contributed by atoms with Crippen LogP contribution in [-0.4, -0.2) is 49.1 Å². The summed E-state index contributed by atoms with van der Waals surface area (Å²) in [6, 6.07) is 0. The molecule has 3 saturated carbocycles. The van der Waals surface area contributed by atoms with Gasteiger partial charge in [-0.3, -0.25) is 0 Å². The van der Waals surface area contributed by atoms with Gasteiger partial charge in [-0.1, -0.05) is 52.0 Å². The summed E-state index contributed by atoms with van der Waals surface area (Å²) in [4.78, 5) is 0. The molecule has 0 aromatic carbocycles. The second kappa shape index (κ2) is 11.4. The SMILES string of the molecule is C=C1/C(=C/C=C2\CCC[C@]3(C)[C@@H]([C@H](C)OCCC(C)(C)O)CC[C@@H]23)C[C@@H](O[Si](C)(C)C(C)(C)C)C[C@@H]1O. The zero-order valence-electron chi connectivity index (χ0n) is 25.3. The van der Waals surface area contributed by atoms with Crippen LogP contribution < -0.4 is 0 Å². The van der Waals surface area contributed by atoms with E-state index in [9.17, 15) is 10.2 Å². The maximum Gasteiger partial charge on any atom is 0.192 e. The van der Waals surface area contributed by atoms with E-state index in [0.717, 1.165) is 24.0 Å². The second-order valence-electron chi connectivity index (χ2n) is 14.6. The van der Waals surface area contributed by atoms with Crippen LogP contribution in [0.2, 0.25) is 18.1 Å². The summed E-state index contributed by atoms with van der Waals surface area (Å²) in [5.74, 6) is 1.13. The maximum atomic E-state index is 10.8. The molecular formula is C32H56O4Si. The molecule has 212 valence electrons. The van der Waals surface area contributed by atoms with Crippen molar-refractivity contribution < 1.29 is 19.4 Å². The van der Waals surface area contributed by atoms with Crippen LogP contribution in [0.25, 0.3) is 0 Å². The van der Waals surface area contributed by atoms with Gasteiger partial charge in [0.15, 0.2) is 8.32 Å². The smallest absolute Gasteiger partial charge is 0.192 e. The quantitative estimate of drug-likeness (QED) is 0.314. The van der Waals surface area contributed by atoms with Crippen molar-refractivity contribution in [3.05, 3.63) is 35.5 Å². The molecule has 0 aliphatic heterocycles. The van der Waals surface area contributed by atoms with Crippen molar-refractivity contribution in [2.45, 2.75) is 142 Å². The molecule has 3 aliphatic rings. The molecule has 4 nitrogen and oxygen atoms in total. The molecule has 0 spiro atoms. The lowest BCUT2D eigenvalue weighted by atomic mass is 9.62. The van der Waals surface area contributed by atoms with Gasteiger partial charge in [0.25, 0.3) is 0 Å². The van der Waals surface area contributed by atoms with Gasteiger partial charge >= 0.3 is 0 Å². The fourth-order valence-electron chi connectivity index (χ4n) is 6.79. The highest BCUT2D eigenvalue weighted by Crippen LogP contribution is 2.58. The summed E-state index contributed by atoms with van der Waals surface area (Å²) in [5, 5.41) is 21.0. The molecule has 0 bridgehead atoms. The second-order valence-corrected chi connectivity index (χ2v) is 19.4. The molecular weight excluding hydrogens is 476 g/mol. The number of fused-ring (bicyclic) bond motifs is 1. The van der Waals surface area contributed by atoms with E-state index >= 15 is 0 Å².